The average Bonchev–Trinajstić information content (AvgIpc) is 2.42. The normalized spacial score (nSPS) is 21.8. The Labute approximate surface area is 113 Å². The number of nitro benzene ring substituents is 1. The van der Waals surface area contributed by atoms with E-state index in [4.69, 9.17) is 0 Å². The maximum atomic E-state index is 11.6. The van der Waals surface area contributed by atoms with Gasteiger partial charge in [0.15, 0.2) is 5.78 Å². The van der Waals surface area contributed by atoms with Gasteiger partial charge in [-0.1, -0.05) is 6.07 Å². The monoisotopic (exact) mass is 273 g/mol. The van der Waals surface area contributed by atoms with Crippen LogP contribution in [-0.4, -0.2) is 27.0 Å². The summed E-state index contributed by atoms with van der Waals surface area (Å²) < 4.78 is 0. The van der Waals surface area contributed by atoms with Gasteiger partial charge in [0, 0.05) is 18.6 Å². The van der Waals surface area contributed by atoms with Crippen LogP contribution in [0.5, 0.6) is 0 Å². The van der Waals surface area contributed by atoms with Gasteiger partial charge in [-0.25, -0.2) is 0 Å². The van der Waals surface area contributed by atoms with Gasteiger partial charge in [0.25, 0.3) is 5.69 Å². The van der Waals surface area contributed by atoms with Gasteiger partial charge >= 0.3 is 0 Å². The van der Waals surface area contributed by atoms with Gasteiger partial charge in [0.05, 0.1) is 4.92 Å². The summed E-state index contributed by atoms with van der Waals surface area (Å²) >= 11 is 0. The summed E-state index contributed by atoms with van der Waals surface area (Å²) in [5, 5.41) is 31.6. The molecule has 3 rings (SSSR count). The Morgan fingerprint density at radius 1 is 1.10 bits per heavy atom. The molecular weight excluding hydrogens is 262 g/mol. The van der Waals surface area contributed by atoms with Crippen molar-refractivity contribution in [3.8, 4) is 0 Å². The zero-order chi connectivity index (χ0) is 14.4. The summed E-state index contributed by atoms with van der Waals surface area (Å²) in [7, 11) is 0. The van der Waals surface area contributed by atoms with Crippen LogP contribution >= 0.6 is 0 Å². The lowest BCUT2D eigenvalue weighted by Gasteiger charge is -2.25. The van der Waals surface area contributed by atoms with Crippen LogP contribution in [0.1, 0.15) is 17.2 Å². The number of Topliss-reactive ketones (excluding diaryl/α,β-unsaturated/α-hetero) is 1. The third kappa shape index (κ3) is 1.86. The fraction of sp³-hybridized carbons (Fsp3) is 0.214. The number of ketones is 1. The maximum Gasteiger partial charge on any atom is 0.270 e. The molecule has 2 aromatic carbocycles. The number of carbonyl (C=O) groups is 1. The van der Waals surface area contributed by atoms with E-state index in [9.17, 15) is 25.1 Å². The van der Waals surface area contributed by atoms with Gasteiger partial charge in [0.1, 0.15) is 12.2 Å². The molecule has 0 spiro atoms. The molecule has 0 saturated heterocycles. The van der Waals surface area contributed by atoms with E-state index < -0.39 is 22.9 Å². The van der Waals surface area contributed by atoms with Crippen LogP contribution in [0, 0.1) is 10.1 Å². The van der Waals surface area contributed by atoms with E-state index >= 15 is 0 Å². The largest absolute Gasteiger partial charge is 0.385 e. The number of hydrogen-bond donors (Lipinski definition) is 2. The molecule has 2 N–H and O–H groups in total. The molecule has 0 unspecified atom stereocenters. The highest BCUT2D eigenvalue weighted by molar-refractivity contribution is 5.92. The maximum absolute atomic E-state index is 11.6. The van der Waals surface area contributed by atoms with Gasteiger partial charge in [0.2, 0.25) is 0 Å². The highest BCUT2D eigenvalue weighted by atomic mass is 16.6. The minimum absolute atomic E-state index is 0.0200. The van der Waals surface area contributed by atoms with E-state index in [0.29, 0.717) is 16.5 Å². The van der Waals surface area contributed by atoms with Crippen LogP contribution in [0.25, 0.3) is 10.8 Å². The van der Waals surface area contributed by atoms with Crippen LogP contribution in [0.2, 0.25) is 0 Å². The Hall–Kier alpha value is -2.31. The molecule has 0 aliphatic heterocycles. The molecule has 0 amide bonds. The number of non-ortho nitro benzene ring substituents is 1. The molecular formula is C14H11NO5. The van der Waals surface area contributed by atoms with Crippen molar-refractivity contribution in [3.05, 3.63) is 51.6 Å². The zero-order valence-electron chi connectivity index (χ0n) is 10.3. The smallest absolute Gasteiger partial charge is 0.270 e. The zero-order valence-corrected chi connectivity index (χ0v) is 10.3. The minimum atomic E-state index is -1.40. The van der Waals surface area contributed by atoms with Crippen LogP contribution in [0.3, 0.4) is 0 Å². The molecule has 0 bridgehead atoms. The first kappa shape index (κ1) is 12.7. The van der Waals surface area contributed by atoms with Crippen molar-refractivity contribution in [2.75, 3.05) is 0 Å². The van der Waals surface area contributed by atoms with Crippen LogP contribution in [0.15, 0.2) is 30.3 Å². The lowest BCUT2D eigenvalue weighted by molar-refractivity contribution is -0.384. The summed E-state index contributed by atoms with van der Waals surface area (Å²) in [5.74, 6) is -0.449. The fourth-order valence-corrected chi connectivity index (χ4v) is 2.53. The molecule has 0 fully saturated rings. The predicted molar refractivity (Wildman–Crippen MR) is 70.3 cm³/mol. The molecule has 0 heterocycles. The topological polar surface area (TPSA) is 101 Å². The van der Waals surface area contributed by atoms with E-state index in [1.807, 2.05) is 0 Å². The Kier molecular flexibility index (Phi) is 2.77. The van der Waals surface area contributed by atoms with E-state index in [-0.39, 0.29) is 12.1 Å². The summed E-state index contributed by atoms with van der Waals surface area (Å²) in [6, 6.07) is 7.71. The second-order valence-electron chi connectivity index (χ2n) is 4.87. The second-order valence-corrected chi connectivity index (χ2v) is 4.87. The molecule has 102 valence electrons. The third-order valence-corrected chi connectivity index (χ3v) is 3.60. The molecule has 20 heavy (non-hydrogen) atoms. The van der Waals surface area contributed by atoms with Crippen molar-refractivity contribution >= 4 is 22.2 Å². The number of rotatable bonds is 1. The summed E-state index contributed by atoms with van der Waals surface area (Å²) in [6.45, 7) is 0. The van der Waals surface area contributed by atoms with Gasteiger partial charge in [-0.15, -0.1) is 0 Å². The summed E-state index contributed by atoms with van der Waals surface area (Å²) in [6.07, 6.45) is -2.63. The quantitative estimate of drug-likeness (QED) is 0.602. The molecule has 2 atom stereocenters. The second kappa shape index (κ2) is 4.36. The highest BCUT2D eigenvalue weighted by Crippen LogP contribution is 2.33. The standard InChI is InChI=1S/C14H11NO5/c16-12-6-9-3-8-4-10(15(19)20)2-1-7(8)5-11(9)13(17)14(12)18/h1-5,13-14,17-18H,6H2/t13-,14-/m0/s1. The molecule has 1 aliphatic carbocycles. The number of hydrogen-bond acceptors (Lipinski definition) is 5. The number of nitrogens with zero attached hydrogens (tertiary/aromatic N) is 1. The summed E-state index contributed by atoms with van der Waals surface area (Å²) in [5.41, 5.74) is 1.07. The number of benzene rings is 2. The van der Waals surface area contributed by atoms with E-state index in [1.165, 1.54) is 12.1 Å². The summed E-state index contributed by atoms with van der Waals surface area (Å²) in [4.78, 5) is 21.8. The van der Waals surface area contributed by atoms with Crippen molar-refractivity contribution in [1.29, 1.82) is 0 Å². The molecule has 6 heteroatoms. The molecule has 0 saturated carbocycles. The van der Waals surface area contributed by atoms with E-state index in [2.05, 4.69) is 0 Å². The van der Waals surface area contributed by atoms with E-state index in [1.54, 1.807) is 18.2 Å². The van der Waals surface area contributed by atoms with Gasteiger partial charge in [-0.2, -0.15) is 0 Å². The van der Waals surface area contributed by atoms with Crippen molar-refractivity contribution in [1.82, 2.24) is 0 Å². The minimum Gasteiger partial charge on any atom is -0.385 e. The first-order chi connectivity index (χ1) is 9.47. The molecule has 1 aliphatic rings. The lowest BCUT2D eigenvalue weighted by atomic mass is 9.85. The van der Waals surface area contributed by atoms with Crippen molar-refractivity contribution in [2.24, 2.45) is 0 Å². The number of nitro groups is 1. The lowest BCUT2D eigenvalue weighted by Crippen LogP contribution is -2.34. The van der Waals surface area contributed by atoms with Crippen molar-refractivity contribution in [3.63, 3.8) is 0 Å². The highest BCUT2D eigenvalue weighted by Gasteiger charge is 2.33. The molecule has 2 aromatic rings. The van der Waals surface area contributed by atoms with E-state index in [0.717, 1.165) is 5.39 Å². The third-order valence-electron chi connectivity index (χ3n) is 3.60. The Bertz CT molecular complexity index is 740. The Morgan fingerprint density at radius 3 is 2.55 bits per heavy atom. The number of aliphatic hydroxyl groups excluding tert-OH is 2. The fourth-order valence-electron chi connectivity index (χ4n) is 2.53. The van der Waals surface area contributed by atoms with Gasteiger partial charge < -0.3 is 10.2 Å². The van der Waals surface area contributed by atoms with Gasteiger partial charge in [-0.05, 0) is 34.0 Å². The molecule has 6 nitrogen and oxygen atoms in total. The molecule has 0 radical (unpaired) electrons. The Morgan fingerprint density at radius 2 is 1.85 bits per heavy atom. The number of fused-ring (bicyclic) bond motifs is 2. The van der Waals surface area contributed by atoms with Crippen molar-refractivity contribution in [2.45, 2.75) is 18.6 Å². The predicted octanol–water partition coefficient (Wildman–Crippen LogP) is 1.27. The first-order valence-electron chi connectivity index (χ1n) is 6.07. The SMILES string of the molecule is O=C1Cc2cc3cc([N+](=O)[O-])ccc3cc2[C@H](O)[C@H]1O. The van der Waals surface area contributed by atoms with Crippen LogP contribution in [0.4, 0.5) is 5.69 Å². The average molecular weight is 273 g/mol. The number of aliphatic hydroxyl groups is 2. The number of carbonyl (C=O) groups excluding carboxylic acids is 1. The van der Waals surface area contributed by atoms with Gasteiger partial charge in [-0.3, -0.25) is 14.9 Å². The molecule has 0 aromatic heterocycles. The van der Waals surface area contributed by atoms with Crippen LogP contribution in [-0.2, 0) is 11.2 Å². The Balaban J connectivity index is 2.20. The van der Waals surface area contributed by atoms with Crippen LogP contribution < -0.4 is 0 Å². The first-order valence-corrected chi connectivity index (χ1v) is 6.07. The van der Waals surface area contributed by atoms with Crippen molar-refractivity contribution < 1.29 is 19.9 Å².